The minimum absolute atomic E-state index is 0.770. The fraction of sp³-hybridized carbons (Fsp3) is 0.500. The average molecular weight is 110 g/mol. The van der Waals surface area contributed by atoms with Gasteiger partial charge in [-0.1, -0.05) is 38.7 Å². The van der Waals surface area contributed by atoms with E-state index in [1.54, 1.807) is 0 Å². The molecule has 0 rings (SSSR count). The Balaban J connectivity index is 3.15. The summed E-state index contributed by atoms with van der Waals surface area (Å²) in [5, 5.41) is 0. The van der Waals surface area contributed by atoms with Crippen molar-refractivity contribution >= 4 is 0 Å². The Morgan fingerprint density at radius 2 is 2.12 bits per heavy atom. The van der Waals surface area contributed by atoms with Gasteiger partial charge in [-0.25, -0.2) is 0 Å². The van der Waals surface area contributed by atoms with Crippen molar-refractivity contribution in [3.8, 4) is 0 Å². The van der Waals surface area contributed by atoms with Crippen LogP contribution in [0.15, 0.2) is 24.8 Å². The molecule has 0 fully saturated rings. The molecule has 0 radical (unpaired) electrons. The quantitative estimate of drug-likeness (QED) is 0.490. The standard InChI is InChI=1S/C8H14/c1-4-5-6-7-8(2)3/h4-6,8H,1,7H2,2-3H3. The second-order valence-corrected chi connectivity index (χ2v) is 2.29. The van der Waals surface area contributed by atoms with E-state index in [0.29, 0.717) is 0 Å². The van der Waals surface area contributed by atoms with Gasteiger partial charge in [0.25, 0.3) is 0 Å². The Hall–Kier alpha value is -0.520. The van der Waals surface area contributed by atoms with Gasteiger partial charge in [0.15, 0.2) is 0 Å². The molecule has 0 amide bonds. The second-order valence-electron chi connectivity index (χ2n) is 2.29. The zero-order chi connectivity index (χ0) is 6.41. The molecule has 0 aromatic rings. The highest BCUT2D eigenvalue weighted by Gasteiger charge is 1.84. The molecule has 0 unspecified atom stereocenters. The van der Waals surface area contributed by atoms with Gasteiger partial charge in [-0.2, -0.15) is 0 Å². The van der Waals surface area contributed by atoms with Gasteiger partial charge in [-0.15, -0.1) is 0 Å². The fourth-order valence-electron chi connectivity index (χ4n) is 0.447. The summed E-state index contributed by atoms with van der Waals surface area (Å²) < 4.78 is 0. The van der Waals surface area contributed by atoms with E-state index in [1.807, 2.05) is 12.2 Å². The van der Waals surface area contributed by atoms with Gasteiger partial charge in [0.1, 0.15) is 0 Å². The molecule has 0 atom stereocenters. The van der Waals surface area contributed by atoms with Crippen molar-refractivity contribution in [2.75, 3.05) is 0 Å². The van der Waals surface area contributed by atoms with E-state index in [-0.39, 0.29) is 0 Å². The van der Waals surface area contributed by atoms with Crippen LogP contribution in [0.25, 0.3) is 0 Å². The molecule has 8 heavy (non-hydrogen) atoms. The number of allylic oxidation sites excluding steroid dienone is 3. The largest absolute Gasteiger partial charge is 0.0991 e. The first-order chi connectivity index (χ1) is 3.77. The van der Waals surface area contributed by atoms with Gasteiger partial charge >= 0.3 is 0 Å². The van der Waals surface area contributed by atoms with Crippen molar-refractivity contribution in [1.82, 2.24) is 0 Å². The van der Waals surface area contributed by atoms with E-state index in [2.05, 4.69) is 26.5 Å². The van der Waals surface area contributed by atoms with Crippen molar-refractivity contribution in [3.63, 3.8) is 0 Å². The summed E-state index contributed by atoms with van der Waals surface area (Å²) >= 11 is 0. The van der Waals surface area contributed by atoms with E-state index in [0.717, 1.165) is 12.3 Å². The molecule has 0 spiro atoms. The predicted octanol–water partition coefficient (Wildman–Crippen LogP) is 2.77. The highest BCUT2D eigenvalue weighted by atomic mass is 13.9. The van der Waals surface area contributed by atoms with Crippen LogP contribution in [0.3, 0.4) is 0 Å². The molecular weight excluding hydrogens is 96.1 g/mol. The SMILES string of the molecule is C=CC=CCC(C)C. The van der Waals surface area contributed by atoms with Crippen LogP contribution >= 0.6 is 0 Å². The van der Waals surface area contributed by atoms with E-state index < -0.39 is 0 Å². The van der Waals surface area contributed by atoms with Crippen molar-refractivity contribution in [1.29, 1.82) is 0 Å². The Morgan fingerprint density at radius 3 is 2.50 bits per heavy atom. The zero-order valence-corrected chi connectivity index (χ0v) is 5.72. The summed E-state index contributed by atoms with van der Waals surface area (Å²) in [6.45, 7) is 7.97. The summed E-state index contributed by atoms with van der Waals surface area (Å²) in [4.78, 5) is 0. The monoisotopic (exact) mass is 110 g/mol. The van der Waals surface area contributed by atoms with Crippen LogP contribution in [0, 0.1) is 5.92 Å². The topological polar surface area (TPSA) is 0 Å². The third-order valence-electron chi connectivity index (χ3n) is 0.880. The fourth-order valence-corrected chi connectivity index (χ4v) is 0.447. The Labute approximate surface area is 51.9 Å². The molecule has 0 heterocycles. The van der Waals surface area contributed by atoms with E-state index in [4.69, 9.17) is 0 Å². The molecule has 0 saturated carbocycles. The van der Waals surface area contributed by atoms with Crippen molar-refractivity contribution in [3.05, 3.63) is 24.8 Å². The first-order valence-corrected chi connectivity index (χ1v) is 3.05. The van der Waals surface area contributed by atoms with Crippen molar-refractivity contribution < 1.29 is 0 Å². The van der Waals surface area contributed by atoms with Gasteiger partial charge in [0, 0.05) is 0 Å². The second kappa shape index (κ2) is 4.63. The van der Waals surface area contributed by atoms with Gasteiger partial charge in [0.05, 0.1) is 0 Å². The highest BCUT2D eigenvalue weighted by Crippen LogP contribution is 1.98. The van der Waals surface area contributed by atoms with E-state index in [9.17, 15) is 0 Å². The lowest BCUT2D eigenvalue weighted by Gasteiger charge is -1.93. The highest BCUT2D eigenvalue weighted by molar-refractivity contribution is 4.97. The van der Waals surface area contributed by atoms with Gasteiger partial charge in [-0.05, 0) is 12.3 Å². The lowest BCUT2D eigenvalue weighted by Crippen LogP contribution is -1.79. The minimum Gasteiger partial charge on any atom is -0.0991 e. The molecule has 0 aliphatic carbocycles. The number of hydrogen-bond donors (Lipinski definition) is 0. The molecule has 0 N–H and O–H groups in total. The van der Waals surface area contributed by atoms with Gasteiger partial charge in [0.2, 0.25) is 0 Å². The lowest BCUT2D eigenvalue weighted by atomic mass is 10.1. The predicted molar refractivity (Wildman–Crippen MR) is 38.8 cm³/mol. The molecule has 0 bridgehead atoms. The number of hydrogen-bond acceptors (Lipinski definition) is 0. The maximum absolute atomic E-state index is 3.57. The molecule has 0 aromatic heterocycles. The van der Waals surface area contributed by atoms with Gasteiger partial charge < -0.3 is 0 Å². The molecule has 0 aliphatic heterocycles. The van der Waals surface area contributed by atoms with Crippen LogP contribution in [-0.4, -0.2) is 0 Å². The summed E-state index contributed by atoms with van der Waals surface area (Å²) in [6.07, 6.45) is 7.09. The van der Waals surface area contributed by atoms with Crippen LogP contribution < -0.4 is 0 Å². The van der Waals surface area contributed by atoms with E-state index >= 15 is 0 Å². The molecule has 0 heteroatoms. The van der Waals surface area contributed by atoms with Gasteiger partial charge in [-0.3, -0.25) is 0 Å². The summed E-state index contributed by atoms with van der Waals surface area (Å²) in [6, 6.07) is 0. The summed E-state index contributed by atoms with van der Waals surface area (Å²) in [5.41, 5.74) is 0. The minimum atomic E-state index is 0.770. The third kappa shape index (κ3) is 5.48. The zero-order valence-electron chi connectivity index (χ0n) is 5.72. The molecule has 0 nitrogen and oxygen atoms in total. The molecule has 46 valence electrons. The molecule has 0 aromatic carbocycles. The lowest BCUT2D eigenvalue weighted by molar-refractivity contribution is 0.664. The third-order valence-corrected chi connectivity index (χ3v) is 0.880. The molecule has 0 saturated heterocycles. The van der Waals surface area contributed by atoms with Crippen molar-refractivity contribution in [2.24, 2.45) is 5.92 Å². The average Bonchev–Trinajstić information content (AvgIpc) is 1.66. The summed E-state index contributed by atoms with van der Waals surface area (Å²) in [7, 11) is 0. The maximum atomic E-state index is 3.57. The van der Waals surface area contributed by atoms with Crippen LogP contribution in [0.4, 0.5) is 0 Å². The van der Waals surface area contributed by atoms with E-state index in [1.165, 1.54) is 0 Å². The maximum Gasteiger partial charge on any atom is -0.0324 e. The first-order valence-electron chi connectivity index (χ1n) is 3.05. The van der Waals surface area contributed by atoms with Crippen molar-refractivity contribution in [2.45, 2.75) is 20.3 Å². The number of rotatable bonds is 3. The summed E-state index contributed by atoms with van der Waals surface area (Å²) in [5.74, 6) is 0.770. The first kappa shape index (κ1) is 7.48. The normalized spacial score (nSPS) is 10.9. The van der Waals surface area contributed by atoms with Crippen LogP contribution in [-0.2, 0) is 0 Å². The van der Waals surface area contributed by atoms with Crippen LogP contribution in [0.2, 0.25) is 0 Å². The molecular formula is C8H14. The Morgan fingerprint density at radius 1 is 1.50 bits per heavy atom. The molecule has 0 aliphatic rings. The van der Waals surface area contributed by atoms with Crippen LogP contribution in [0.1, 0.15) is 20.3 Å². The van der Waals surface area contributed by atoms with Crippen LogP contribution in [0.5, 0.6) is 0 Å². The smallest absolute Gasteiger partial charge is 0.0324 e. The Kier molecular flexibility index (Phi) is 4.33. The Bertz CT molecular complexity index is 78.0.